The number of pyridine rings is 1. The average Bonchev–Trinajstić information content (AvgIpc) is 2.46. The molecule has 0 bridgehead atoms. The number of anilines is 1. The first-order chi connectivity index (χ1) is 10.4. The minimum atomic E-state index is 0.287. The first kappa shape index (κ1) is 16.8. The third-order valence-corrected chi connectivity index (χ3v) is 4.07. The highest BCUT2D eigenvalue weighted by molar-refractivity contribution is 6.30. The number of hydrogen-bond donors (Lipinski definition) is 1. The number of nitrogens with one attached hydrogen (secondary N) is 1. The molecule has 0 unspecified atom stereocenters. The summed E-state index contributed by atoms with van der Waals surface area (Å²) in [4.78, 5) is 4.46. The number of nitrogens with zero attached hydrogens (tertiary/aromatic N) is 1. The molecule has 1 aromatic heterocycles. The number of aryl methyl sites for hydroxylation is 1. The molecule has 0 fully saturated rings. The maximum atomic E-state index is 5.94. The van der Waals surface area contributed by atoms with Gasteiger partial charge in [-0.25, -0.2) is 4.98 Å². The van der Waals surface area contributed by atoms with Gasteiger partial charge in [-0.3, -0.25) is 0 Å². The molecule has 0 aliphatic heterocycles. The van der Waals surface area contributed by atoms with Crippen LogP contribution in [0.3, 0.4) is 0 Å². The Balaban J connectivity index is 1.76. The summed E-state index contributed by atoms with van der Waals surface area (Å²) < 4.78 is 0. The molecule has 0 atom stereocenters. The Morgan fingerprint density at radius 1 is 1.09 bits per heavy atom. The van der Waals surface area contributed by atoms with Crippen LogP contribution >= 0.6 is 11.6 Å². The lowest BCUT2D eigenvalue weighted by molar-refractivity contribution is 0.326. The van der Waals surface area contributed by atoms with Crippen LogP contribution in [0.15, 0.2) is 42.5 Å². The van der Waals surface area contributed by atoms with Gasteiger partial charge in [-0.15, -0.1) is 0 Å². The fraction of sp³-hybridized carbons (Fsp3) is 0.421. The Hall–Kier alpha value is -1.54. The number of halogens is 1. The number of hydrogen-bond acceptors (Lipinski definition) is 2. The van der Waals surface area contributed by atoms with Crippen molar-refractivity contribution < 1.29 is 0 Å². The van der Waals surface area contributed by atoms with Crippen molar-refractivity contribution in [3.05, 3.63) is 58.7 Å². The molecule has 0 radical (unpaired) electrons. The van der Waals surface area contributed by atoms with Crippen LogP contribution < -0.4 is 5.32 Å². The Morgan fingerprint density at radius 3 is 2.50 bits per heavy atom. The Labute approximate surface area is 138 Å². The van der Waals surface area contributed by atoms with Crippen molar-refractivity contribution in [3.8, 4) is 0 Å². The van der Waals surface area contributed by atoms with E-state index in [1.54, 1.807) is 0 Å². The van der Waals surface area contributed by atoms with Gasteiger partial charge in [0.2, 0.25) is 0 Å². The molecule has 0 aliphatic rings. The van der Waals surface area contributed by atoms with Crippen molar-refractivity contribution in [2.45, 2.75) is 40.0 Å². The van der Waals surface area contributed by atoms with Crippen LogP contribution in [0.25, 0.3) is 0 Å². The zero-order chi connectivity index (χ0) is 16.0. The lowest BCUT2D eigenvalue weighted by Crippen LogP contribution is -2.17. The molecule has 1 N–H and O–H groups in total. The average molecular weight is 317 g/mol. The van der Waals surface area contributed by atoms with Crippen LogP contribution in [0.2, 0.25) is 5.02 Å². The largest absolute Gasteiger partial charge is 0.370 e. The van der Waals surface area contributed by atoms with Crippen LogP contribution in [0, 0.1) is 12.3 Å². The lowest BCUT2D eigenvalue weighted by Gasteiger charge is -2.25. The Kier molecular flexibility index (Phi) is 5.84. The molecule has 2 nitrogen and oxygen atoms in total. The van der Waals surface area contributed by atoms with Crippen LogP contribution in [0.1, 0.15) is 37.9 Å². The molecule has 3 heteroatoms. The van der Waals surface area contributed by atoms with E-state index in [2.05, 4.69) is 36.3 Å². The van der Waals surface area contributed by atoms with Crippen LogP contribution in [-0.4, -0.2) is 11.5 Å². The molecule has 0 saturated heterocycles. The minimum Gasteiger partial charge on any atom is -0.370 e. The predicted molar refractivity (Wildman–Crippen MR) is 95.6 cm³/mol. The molecule has 22 heavy (non-hydrogen) atoms. The predicted octanol–water partition coefficient (Wildman–Crippen LogP) is 5.50. The Bertz CT molecular complexity index is 591. The summed E-state index contributed by atoms with van der Waals surface area (Å²) in [6.45, 7) is 7.62. The maximum absolute atomic E-state index is 5.94. The van der Waals surface area contributed by atoms with Gasteiger partial charge in [-0.1, -0.05) is 43.6 Å². The lowest BCUT2D eigenvalue weighted by atomic mass is 9.81. The van der Waals surface area contributed by atoms with E-state index < -0.39 is 0 Å². The van der Waals surface area contributed by atoms with Crippen molar-refractivity contribution in [1.82, 2.24) is 4.98 Å². The van der Waals surface area contributed by atoms with Crippen LogP contribution in [0.4, 0.5) is 5.82 Å². The first-order valence-electron chi connectivity index (χ1n) is 7.87. The molecule has 118 valence electrons. The Morgan fingerprint density at radius 2 is 1.82 bits per heavy atom. The third-order valence-electron chi connectivity index (χ3n) is 3.82. The quantitative estimate of drug-likeness (QED) is 0.682. The van der Waals surface area contributed by atoms with Crippen molar-refractivity contribution in [1.29, 1.82) is 0 Å². The van der Waals surface area contributed by atoms with Gasteiger partial charge in [-0.05, 0) is 61.4 Å². The minimum absolute atomic E-state index is 0.287. The molecule has 1 aromatic carbocycles. The van der Waals surface area contributed by atoms with E-state index in [0.717, 1.165) is 35.9 Å². The van der Waals surface area contributed by atoms with E-state index in [-0.39, 0.29) is 5.41 Å². The maximum Gasteiger partial charge on any atom is 0.126 e. The number of rotatable bonds is 7. The van der Waals surface area contributed by atoms with Gasteiger partial charge in [0.1, 0.15) is 5.82 Å². The summed E-state index contributed by atoms with van der Waals surface area (Å²) in [5.41, 5.74) is 2.69. The second-order valence-corrected chi connectivity index (χ2v) is 7.10. The molecule has 0 saturated carbocycles. The fourth-order valence-electron chi connectivity index (χ4n) is 2.67. The van der Waals surface area contributed by atoms with Gasteiger partial charge in [0.05, 0.1) is 0 Å². The summed E-state index contributed by atoms with van der Waals surface area (Å²) in [5.74, 6) is 0.968. The zero-order valence-corrected chi connectivity index (χ0v) is 14.5. The van der Waals surface area contributed by atoms with Crippen molar-refractivity contribution >= 4 is 17.4 Å². The van der Waals surface area contributed by atoms with Gasteiger partial charge in [0, 0.05) is 17.3 Å². The molecule has 0 amide bonds. The van der Waals surface area contributed by atoms with Crippen molar-refractivity contribution in [3.63, 3.8) is 0 Å². The van der Waals surface area contributed by atoms with E-state index in [1.165, 1.54) is 12.0 Å². The van der Waals surface area contributed by atoms with Gasteiger partial charge >= 0.3 is 0 Å². The second kappa shape index (κ2) is 7.64. The standard InChI is InChI=1S/C19H25ClN2/c1-15-6-4-7-18(22-15)21-13-5-12-19(2,3)14-16-8-10-17(20)11-9-16/h4,6-11H,5,12-14H2,1-3H3,(H,21,22). The van der Waals surface area contributed by atoms with Gasteiger partial charge in [0.15, 0.2) is 0 Å². The highest BCUT2D eigenvalue weighted by atomic mass is 35.5. The highest BCUT2D eigenvalue weighted by Gasteiger charge is 2.18. The normalized spacial score (nSPS) is 11.5. The number of aromatic nitrogens is 1. The summed E-state index contributed by atoms with van der Waals surface area (Å²) >= 11 is 5.94. The van der Waals surface area contributed by atoms with Gasteiger partial charge in [-0.2, -0.15) is 0 Å². The smallest absolute Gasteiger partial charge is 0.126 e. The third kappa shape index (κ3) is 5.69. The molecule has 0 aliphatic carbocycles. The topological polar surface area (TPSA) is 24.9 Å². The molecule has 1 heterocycles. The van der Waals surface area contributed by atoms with Gasteiger partial charge in [0.25, 0.3) is 0 Å². The highest BCUT2D eigenvalue weighted by Crippen LogP contribution is 2.28. The summed E-state index contributed by atoms with van der Waals surface area (Å²) in [6.07, 6.45) is 3.39. The zero-order valence-electron chi connectivity index (χ0n) is 13.7. The van der Waals surface area contributed by atoms with Gasteiger partial charge < -0.3 is 5.32 Å². The molecule has 0 spiro atoms. The molecule has 2 aromatic rings. The van der Waals surface area contributed by atoms with Crippen LogP contribution in [-0.2, 0) is 6.42 Å². The van der Waals surface area contributed by atoms with E-state index in [4.69, 9.17) is 11.6 Å². The second-order valence-electron chi connectivity index (χ2n) is 6.66. The SMILES string of the molecule is Cc1cccc(NCCCC(C)(C)Cc2ccc(Cl)cc2)n1. The summed E-state index contributed by atoms with van der Waals surface area (Å²) in [5, 5.41) is 4.20. The van der Waals surface area contributed by atoms with Crippen molar-refractivity contribution in [2.24, 2.45) is 5.41 Å². The molecular formula is C19H25ClN2. The first-order valence-corrected chi connectivity index (χ1v) is 8.24. The van der Waals surface area contributed by atoms with E-state index >= 15 is 0 Å². The van der Waals surface area contributed by atoms with Crippen LogP contribution in [0.5, 0.6) is 0 Å². The monoisotopic (exact) mass is 316 g/mol. The fourth-order valence-corrected chi connectivity index (χ4v) is 2.79. The number of benzene rings is 1. The molecular weight excluding hydrogens is 292 g/mol. The van der Waals surface area contributed by atoms with E-state index in [0.29, 0.717) is 0 Å². The summed E-state index contributed by atoms with van der Waals surface area (Å²) in [7, 11) is 0. The van der Waals surface area contributed by atoms with E-state index in [9.17, 15) is 0 Å². The van der Waals surface area contributed by atoms with E-state index in [1.807, 2.05) is 37.3 Å². The summed E-state index contributed by atoms with van der Waals surface area (Å²) in [6, 6.07) is 14.3. The van der Waals surface area contributed by atoms with Crippen molar-refractivity contribution in [2.75, 3.05) is 11.9 Å². The molecule has 2 rings (SSSR count).